The Balaban J connectivity index is 2.75. The number of hydrogen-bond donors (Lipinski definition) is 3. The highest BCUT2D eigenvalue weighted by Gasteiger charge is 2.50. The van der Waals surface area contributed by atoms with Crippen LogP contribution in [0.4, 0.5) is 0 Å². The van der Waals surface area contributed by atoms with Gasteiger partial charge in [0.25, 0.3) is 0 Å². The highest BCUT2D eigenvalue weighted by Crippen LogP contribution is 2.26. The van der Waals surface area contributed by atoms with Crippen molar-refractivity contribution in [3.05, 3.63) is 24.3 Å². The second-order valence-electron chi connectivity index (χ2n) is 16.8. The first kappa shape index (κ1) is 56.2. The topological polar surface area (TPSA) is 175 Å². The third-order valence-corrected chi connectivity index (χ3v) is 11.0. The molecular weight excluding hydrogens is 781 g/mol. The fourth-order valence-corrected chi connectivity index (χ4v) is 7.23. The van der Waals surface area contributed by atoms with Crippen molar-refractivity contribution in [3.8, 4) is 0 Å². The zero-order chi connectivity index (χ0) is 44.8. The second-order valence-corrected chi connectivity index (χ2v) is 16.8. The van der Waals surface area contributed by atoms with Gasteiger partial charge in [-0.2, -0.15) is 0 Å². The Bertz CT molecular complexity index is 1170. The van der Waals surface area contributed by atoms with E-state index in [1.54, 1.807) is 0 Å². The Labute approximate surface area is 368 Å². The molecule has 0 amide bonds. The maximum absolute atomic E-state index is 12.9. The molecule has 1 fully saturated rings. The van der Waals surface area contributed by atoms with Gasteiger partial charge in [-0.05, 0) is 44.9 Å². The number of carbonyl (C=O) groups is 4. The van der Waals surface area contributed by atoms with Crippen LogP contribution in [0.15, 0.2) is 24.3 Å². The molecule has 0 aromatic carbocycles. The average Bonchev–Trinajstić information content (AvgIpc) is 3.24. The normalized spacial score (nSPS) is 19.7. The summed E-state index contributed by atoms with van der Waals surface area (Å²) in [7, 11) is 0. The van der Waals surface area contributed by atoms with Crippen molar-refractivity contribution in [2.75, 3.05) is 13.2 Å². The van der Waals surface area contributed by atoms with Gasteiger partial charge in [0.15, 0.2) is 24.6 Å². The van der Waals surface area contributed by atoms with Crippen LogP contribution in [0.25, 0.3) is 0 Å². The smallest absolute Gasteiger partial charge is 0.335 e. The SMILES string of the molecule is CCC/C=C\C/C=C\CCCCCCCC(=O)OC1C(OCC(COC(=O)CCCCCCCCCCC)OC(=O)CCCCCCCCCCC)OC(C(=O)O)C(O)C1O. The molecule has 1 aliphatic rings. The van der Waals surface area contributed by atoms with E-state index in [9.17, 15) is 34.5 Å². The number of aliphatic hydroxyl groups is 2. The van der Waals surface area contributed by atoms with Crippen molar-refractivity contribution in [2.24, 2.45) is 0 Å². The predicted molar refractivity (Wildman–Crippen MR) is 239 cm³/mol. The van der Waals surface area contributed by atoms with Gasteiger partial charge in [-0.15, -0.1) is 0 Å². The van der Waals surface area contributed by atoms with Crippen LogP contribution >= 0.6 is 0 Å². The predicted octanol–water partition coefficient (Wildman–Crippen LogP) is 10.8. The molecule has 61 heavy (non-hydrogen) atoms. The third-order valence-electron chi connectivity index (χ3n) is 11.0. The quantitative estimate of drug-likeness (QED) is 0.0230. The number of ether oxygens (including phenoxy) is 5. The molecule has 12 nitrogen and oxygen atoms in total. The summed E-state index contributed by atoms with van der Waals surface area (Å²) >= 11 is 0. The molecule has 1 rings (SSSR count). The molecule has 0 radical (unpaired) electrons. The third kappa shape index (κ3) is 30.0. The minimum atomic E-state index is -1.90. The molecule has 0 aromatic rings. The zero-order valence-corrected chi connectivity index (χ0v) is 38.4. The Morgan fingerprint density at radius 3 is 1.54 bits per heavy atom. The lowest BCUT2D eigenvalue weighted by Gasteiger charge is -2.40. The number of aliphatic carboxylic acids is 1. The Kier molecular flexibility index (Phi) is 35.8. The number of aliphatic hydroxyl groups excluding tert-OH is 2. The summed E-state index contributed by atoms with van der Waals surface area (Å²) in [5.41, 5.74) is 0. The molecule has 0 bridgehead atoms. The molecule has 12 heteroatoms. The highest BCUT2D eigenvalue weighted by atomic mass is 16.7. The van der Waals surface area contributed by atoms with E-state index in [0.717, 1.165) is 89.9 Å². The standard InChI is InChI=1S/C49H86O12/c1-4-7-10-13-16-19-20-21-22-25-28-31-34-37-43(52)60-47-45(54)44(53)46(48(55)56)61-49(47)58-39-40(59-42(51)36-33-30-27-24-18-15-12-9-6-3)38-57-41(50)35-32-29-26-23-17-14-11-8-5-2/h10,13,19-20,40,44-47,49,53-54H,4-9,11-12,14-18,21-39H2,1-3H3,(H,55,56)/b13-10-,20-19-. The first-order valence-corrected chi connectivity index (χ1v) is 24.3. The minimum Gasteiger partial charge on any atom is -0.479 e. The number of unbranched alkanes of at least 4 members (excludes halogenated alkanes) is 22. The molecule has 3 N–H and O–H groups in total. The minimum absolute atomic E-state index is 0.0480. The van der Waals surface area contributed by atoms with E-state index in [2.05, 4.69) is 45.1 Å². The van der Waals surface area contributed by atoms with Gasteiger partial charge in [-0.25, -0.2) is 4.79 Å². The molecule has 1 aliphatic heterocycles. The van der Waals surface area contributed by atoms with Crippen LogP contribution in [-0.4, -0.2) is 89.2 Å². The van der Waals surface area contributed by atoms with Crippen molar-refractivity contribution in [1.82, 2.24) is 0 Å². The van der Waals surface area contributed by atoms with E-state index < -0.39 is 67.3 Å². The summed E-state index contributed by atoms with van der Waals surface area (Å²) in [6.45, 7) is 5.84. The van der Waals surface area contributed by atoms with Crippen LogP contribution in [0.2, 0.25) is 0 Å². The molecule has 6 atom stereocenters. The van der Waals surface area contributed by atoms with Gasteiger partial charge in [0.1, 0.15) is 18.8 Å². The van der Waals surface area contributed by atoms with Gasteiger partial charge < -0.3 is 39.0 Å². The molecule has 6 unspecified atom stereocenters. The Hall–Kier alpha value is -2.80. The van der Waals surface area contributed by atoms with Gasteiger partial charge in [-0.1, -0.05) is 173 Å². The van der Waals surface area contributed by atoms with Crippen molar-refractivity contribution in [3.63, 3.8) is 0 Å². The average molecular weight is 867 g/mol. The van der Waals surface area contributed by atoms with Crippen LogP contribution in [0.1, 0.15) is 213 Å². The van der Waals surface area contributed by atoms with E-state index in [4.69, 9.17) is 23.7 Å². The highest BCUT2D eigenvalue weighted by molar-refractivity contribution is 5.74. The van der Waals surface area contributed by atoms with Gasteiger partial charge in [0.2, 0.25) is 0 Å². The fraction of sp³-hybridized carbons (Fsp3) is 0.837. The molecule has 1 heterocycles. The first-order valence-electron chi connectivity index (χ1n) is 24.3. The van der Waals surface area contributed by atoms with Crippen LogP contribution in [-0.2, 0) is 42.9 Å². The lowest BCUT2D eigenvalue weighted by Crippen LogP contribution is -2.61. The molecule has 0 saturated carbocycles. The maximum atomic E-state index is 12.9. The lowest BCUT2D eigenvalue weighted by molar-refractivity contribution is -0.301. The van der Waals surface area contributed by atoms with E-state index in [-0.39, 0.29) is 25.9 Å². The summed E-state index contributed by atoms with van der Waals surface area (Å²) in [6, 6.07) is 0. The summed E-state index contributed by atoms with van der Waals surface area (Å²) < 4.78 is 28.1. The van der Waals surface area contributed by atoms with Gasteiger partial charge >= 0.3 is 23.9 Å². The molecule has 354 valence electrons. The number of esters is 3. The molecule has 0 aliphatic carbocycles. The summed E-state index contributed by atoms with van der Waals surface area (Å²) in [4.78, 5) is 50.5. The van der Waals surface area contributed by atoms with Crippen LogP contribution in [0, 0.1) is 0 Å². The Morgan fingerprint density at radius 2 is 1.02 bits per heavy atom. The van der Waals surface area contributed by atoms with E-state index in [0.29, 0.717) is 19.3 Å². The first-order chi connectivity index (χ1) is 29.6. The van der Waals surface area contributed by atoms with E-state index >= 15 is 0 Å². The monoisotopic (exact) mass is 867 g/mol. The molecular formula is C49H86O12. The largest absolute Gasteiger partial charge is 0.479 e. The van der Waals surface area contributed by atoms with Crippen molar-refractivity contribution in [1.29, 1.82) is 0 Å². The number of rotatable bonds is 40. The maximum Gasteiger partial charge on any atom is 0.335 e. The zero-order valence-electron chi connectivity index (χ0n) is 38.4. The number of hydrogen-bond acceptors (Lipinski definition) is 11. The lowest BCUT2D eigenvalue weighted by atomic mass is 9.98. The van der Waals surface area contributed by atoms with Crippen molar-refractivity contribution < 1.29 is 58.2 Å². The van der Waals surface area contributed by atoms with Crippen LogP contribution in [0.3, 0.4) is 0 Å². The summed E-state index contributed by atoms with van der Waals surface area (Å²) in [5, 5.41) is 31.2. The van der Waals surface area contributed by atoms with Gasteiger partial charge in [-0.3, -0.25) is 14.4 Å². The number of carboxylic acids is 1. The van der Waals surface area contributed by atoms with E-state index in [1.807, 2.05) is 0 Å². The van der Waals surface area contributed by atoms with Crippen LogP contribution < -0.4 is 0 Å². The number of allylic oxidation sites excluding steroid dienone is 4. The molecule has 0 aromatic heterocycles. The molecule has 0 spiro atoms. The van der Waals surface area contributed by atoms with Crippen molar-refractivity contribution >= 4 is 23.9 Å². The Morgan fingerprint density at radius 1 is 0.541 bits per heavy atom. The van der Waals surface area contributed by atoms with Crippen LogP contribution in [0.5, 0.6) is 0 Å². The van der Waals surface area contributed by atoms with E-state index in [1.165, 1.54) is 64.2 Å². The van der Waals surface area contributed by atoms with Gasteiger partial charge in [0.05, 0.1) is 6.61 Å². The summed E-state index contributed by atoms with van der Waals surface area (Å²) in [6.07, 6.45) is 27.7. The summed E-state index contributed by atoms with van der Waals surface area (Å²) in [5.74, 6) is -3.13. The number of carbonyl (C=O) groups excluding carboxylic acids is 3. The van der Waals surface area contributed by atoms with Crippen molar-refractivity contribution in [2.45, 2.75) is 250 Å². The molecule has 1 saturated heterocycles. The number of carboxylic acid groups (broad SMARTS) is 1. The fourth-order valence-electron chi connectivity index (χ4n) is 7.23. The second kappa shape index (κ2) is 38.8. The van der Waals surface area contributed by atoms with Gasteiger partial charge in [0, 0.05) is 19.3 Å².